The maximum absolute atomic E-state index is 13.7. The summed E-state index contributed by atoms with van der Waals surface area (Å²) in [6, 6.07) is 14.7. The Morgan fingerprint density at radius 1 is 1.17 bits per heavy atom. The highest BCUT2D eigenvalue weighted by Crippen LogP contribution is 2.26. The zero-order valence-electron chi connectivity index (χ0n) is 16.2. The van der Waals surface area contributed by atoms with Gasteiger partial charge in [0.1, 0.15) is 18.2 Å². The van der Waals surface area contributed by atoms with Crippen LogP contribution in [0.2, 0.25) is 0 Å². The number of carbonyl (C=O) groups excluding carboxylic acids is 1. The highest BCUT2D eigenvalue weighted by molar-refractivity contribution is 5.87. The lowest BCUT2D eigenvalue weighted by atomic mass is 10.2. The predicted octanol–water partition coefficient (Wildman–Crippen LogP) is 3.74. The molecule has 1 atom stereocenters. The number of likely N-dealkylation sites (tertiary alicyclic amines) is 1. The number of halogens is 1. The minimum absolute atomic E-state index is 0.00138. The van der Waals surface area contributed by atoms with Crippen LogP contribution in [0.5, 0.6) is 5.75 Å². The van der Waals surface area contributed by atoms with Gasteiger partial charge >= 0.3 is 0 Å². The third kappa shape index (κ3) is 4.26. The van der Waals surface area contributed by atoms with Gasteiger partial charge in [-0.15, -0.1) is 0 Å². The Balaban J connectivity index is 1.31. The third-order valence-corrected chi connectivity index (χ3v) is 5.39. The molecule has 0 aliphatic carbocycles. The van der Waals surface area contributed by atoms with E-state index in [0.29, 0.717) is 17.4 Å². The van der Waals surface area contributed by atoms with E-state index in [0.717, 1.165) is 31.9 Å². The Morgan fingerprint density at radius 3 is 2.72 bits per heavy atom. The second-order valence-electron chi connectivity index (χ2n) is 7.23. The largest absolute Gasteiger partial charge is 0.489 e. The fourth-order valence-corrected chi connectivity index (χ4v) is 3.69. The van der Waals surface area contributed by atoms with Gasteiger partial charge in [0.2, 0.25) is 5.91 Å². The number of carbonyl (C=O) groups is 1. The van der Waals surface area contributed by atoms with Gasteiger partial charge in [-0.25, -0.2) is 4.39 Å². The molecule has 0 aromatic heterocycles. The van der Waals surface area contributed by atoms with E-state index in [1.165, 1.54) is 12.1 Å². The Labute approximate surface area is 170 Å². The zero-order chi connectivity index (χ0) is 20.2. The van der Waals surface area contributed by atoms with Crippen molar-refractivity contribution in [3.8, 4) is 5.75 Å². The predicted molar refractivity (Wildman–Crippen MR) is 111 cm³/mol. The molecule has 0 unspecified atom stereocenters. The fraction of sp³-hybridized carbons (Fsp3) is 0.261. The van der Waals surface area contributed by atoms with Gasteiger partial charge in [-0.05, 0) is 42.8 Å². The smallest absolute Gasteiger partial charge is 0.246 e. The Morgan fingerprint density at radius 2 is 1.97 bits per heavy atom. The van der Waals surface area contributed by atoms with Gasteiger partial charge in [-0.3, -0.25) is 4.79 Å². The van der Waals surface area contributed by atoms with Gasteiger partial charge in [0.05, 0.1) is 6.67 Å². The van der Waals surface area contributed by atoms with E-state index in [-0.39, 0.29) is 18.3 Å². The number of rotatable bonds is 6. The van der Waals surface area contributed by atoms with Crippen molar-refractivity contribution >= 4 is 11.6 Å². The first-order valence-corrected chi connectivity index (χ1v) is 9.72. The van der Waals surface area contributed by atoms with Crippen molar-refractivity contribution in [3.05, 3.63) is 85.0 Å². The van der Waals surface area contributed by atoms with E-state index in [1.54, 1.807) is 18.2 Å². The van der Waals surface area contributed by atoms with E-state index >= 15 is 0 Å². The number of benzene rings is 2. The maximum atomic E-state index is 13.7. The number of hydrogen-bond acceptors (Lipinski definition) is 4. The van der Waals surface area contributed by atoms with Gasteiger partial charge in [-0.2, -0.15) is 0 Å². The highest BCUT2D eigenvalue weighted by atomic mass is 19.1. The molecule has 2 aromatic rings. The van der Waals surface area contributed by atoms with Crippen LogP contribution in [0.1, 0.15) is 12.0 Å². The lowest BCUT2D eigenvalue weighted by Gasteiger charge is -2.26. The summed E-state index contributed by atoms with van der Waals surface area (Å²) >= 11 is 0. The summed E-state index contributed by atoms with van der Waals surface area (Å²) in [7, 11) is 0. The summed E-state index contributed by atoms with van der Waals surface area (Å²) in [4.78, 5) is 18.0. The second-order valence-corrected chi connectivity index (χ2v) is 7.23. The van der Waals surface area contributed by atoms with Crippen molar-refractivity contribution < 1.29 is 13.9 Å². The van der Waals surface area contributed by atoms with Crippen LogP contribution in [0, 0.1) is 5.82 Å². The van der Waals surface area contributed by atoms with Crippen LogP contribution in [0.3, 0.4) is 0 Å². The summed E-state index contributed by atoms with van der Waals surface area (Å²) in [6.07, 6.45) is 6.47. The molecule has 0 radical (unpaired) electrons. The summed E-state index contributed by atoms with van der Waals surface area (Å²) in [6.45, 7) is 6.01. The lowest BCUT2D eigenvalue weighted by molar-refractivity contribution is -0.125. The molecule has 0 saturated carbocycles. The van der Waals surface area contributed by atoms with Gasteiger partial charge in [0.25, 0.3) is 0 Å². The molecule has 150 valence electrons. The number of amides is 1. The molecule has 2 aromatic carbocycles. The van der Waals surface area contributed by atoms with Crippen molar-refractivity contribution in [3.63, 3.8) is 0 Å². The monoisotopic (exact) mass is 393 g/mol. The Hall–Kier alpha value is -3.28. The zero-order valence-corrected chi connectivity index (χ0v) is 16.2. The van der Waals surface area contributed by atoms with Gasteiger partial charge in [-0.1, -0.05) is 24.8 Å². The average Bonchev–Trinajstić information content (AvgIpc) is 3.43. The molecule has 29 heavy (non-hydrogen) atoms. The van der Waals surface area contributed by atoms with Crippen LogP contribution in [-0.2, 0) is 11.4 Å². The minimum Gasteiger partial charge on any atom is -0.489 e. The fourth-order valence-electron chi connectivity index (χ4n) is 3.69. The summed E-state index contributed by atoms with van der Waals surface area (Å²) in [5.41, 5.74) is 1.59. The molecule has 0 spiro atoms. The second kappa shape index (κ2) is 8.39. The van der Waals surface area contributed by atoms with Crippen LogP contribution in [0.15, 0.2) is 73.6 Å². The van der Waals surface area contributed by atoms with Crippen molar-refractivity contribution in [1.29, 1.82) is 0 Å². The Bertz CT molecular complexity index is 913. The van der Waals surface area contributed by atoms with E-state index in [1.807, 2.05) is 35.4 Å². The van der Waals surface area contributed by atoms with Crippen molar-refractivity contribution in [2.24, 2.45) is 0 Å². The molecule has 6 heteroatoms. The summed E-state index contributed by atoms with van der Waals surface area (Å²) in [5, 5.41) is 0. The van der Waals surface area contributed by atoms with Crippen LogP contribution in [0.4, 0.5) is 10.1 Å². The van der Waals surface area contributed by atoms with Gasteiger partial charge in [0.15, 0.2) is 0 Å². The summed E-state index contributed by atoms with van der Waals surface area (Å²) in [5.74, 6) is 0.441. The number of hydrogen-bond donors (Lipinski definition) is 0. The van der Waals surface area contributed by atoms with E-state index in [2.05, 4.69) is 22.6 Å². The molecule has 1 saturated heterocycles. The molecule has 0 N–H and O–H groups in total. The SMILES string of the molecule is C=CC(=O)N1CC[C@@H](N2C=CN(c3ccc(OCc4ccccc4F)cc3)C2)C1. The molecule has 0 bridgehead atoms. The average molecular weight is 393 g/mol. The molecule has 5 nitrogen and oxygen atoms in total. The number of anilines is 1. The van der Waals surface area contributed by atoms with Crippen molar-refractivity contribution in [2.75, 3.05) is 24.7 Å². The molecule has 2 aliphatic heterocycles. The first-order valence-electron chi connectivity index (χ1n) is 9.72. The Kier molecular flexibility index (Phi) is 5.51. The normalized spacial score (nSPS) is 18.4. The van der Waals surface area contributed by atoms with Crippen LogP contribution in [0.25, 0.3) is 0 Å². The lowest BCUT2D eigenvalue weighted by Crippen LogP contribution is -2.37. The van der Waals surface area contributed by atoms with E-state index in [4.69, 9.17) is 4.74 Å². The van der Waals surface area contributed by atoms with Gasteiger partial charge in [0, 0.05) is 42.8 Å². The van der Waals surface area contributed by atoms with E-state index < -0.39 is 0 Å². The molecule has 2 heterocycles. The molecule has 2 aliphatic rings. The summed E-state index contributed by atoms with van der Waals surface area (Å²) < 4.78 is 19.4. The van der Waals surface area contributed by atoms with Gasteiger partial charge < -0.3 is 19.4 Å². The standard InChI is InChI=1S/C23H24FN3O2/c1-2-23(28)25-12-11-20(15-25)27-14-13-26(17-27)19-7-9-21(10-8-19)29-16-18-5-3-4-6-22(18)24/h2-10,13-14,20H,1,11-12,15-17H2/t20-/m1/s1. The van der Waals surface area contributed by atoms with Crippen molar-refractivity contribution in [1.82, 2.24) is 9.80 Å². The molecular formula is C23H24FN3O2. The van der Waals surface area contributed by atoms with E-state index in [9.17, 15) is 9.18 Å². The molecule has 1 fully saturated rings. The topological polar surface area (TPSA) is 36.0 Å². The van der Waals surface area contributed by atoms with Crippen LogP contribution < -0.4 is 9.64 Å². The molecular weight excluding hydrogens is 369 g/mol. The van der Waals surface area contributed by atoms with Crippen LogP contribution in [-0.4, -0.2) is 41.5 Å². The first-order chi connectivity index (χ1) is 14.1. The van der Waals surface area contributed by atoms with Crippen LogP contribution >= 0.6 is 0 Å². The molecule has 1 amide bonds. The number of ether oxygens (including phenoxy) is 1. The quantitative estimate of drug-likeness (QED) is 0.701. The maximum Gasteiger partial charge on any atom is 0.246 e. The highest BCUT2D eigenvalue weighted by Gasteiger charge is 2.30. The third-order valence-electron chi connectivity index (χ3n) is 5.39. The van der Waals surface area contributed by atoms with Crippen molar-refractivity contribution in [2.45, 2.75) is 19.1 Å². The molecule has 4 rings (SSSR count). The minimum atomic E-state index is -0.258. The first kappa shape index (κ1) is 19.1. The number of nitrogens with zero attached hydrogens (tertiary/aromatic N) is 3.